The molecule has 0 spiro atoms. The first kappa shape index (κ1) is 14.6. The zero-order chi connectivity index (χ0) is 14.9. The second-order valence-electron chi connectivity index (χ2n) is 6.16. The van der Waals surface area contributed by atoms with Crippen LogP contribution in [0, 0.1) is 0 Å². The van der Waals surface area contributed by atoms with Crippen LogP contribution in [0.2, 0.25) is 0 Å². The van der Waals surface area contributed by atoms with Crippen LogP contribution in [0.1, 0.15) is 27.2 Å². The number of rotatable bonds is 0. The maximum absolute atomic E-state index is 12.1. The maximum Gasteiger partial charge on any atom is 0.410 e. The van der Waals surface area contributed by atoms with E-state index in [4.69, 9.17) is 4.74 Å². The Morgan fingerprint density at radius 1 is 1.35 bits per heavy atom. The SMILES string of the molecule is CC(C)(C)OC(=O)N1CC(=O)N2CCC(=O)NCC2C1. The van der Waals surface area contributed by atoms with Gasteiger partial charge in [-0.1, -0.05) is 0 Å². The molecule has 1 atom stereocenters. The smallest absolute Gasteiger partial charge is 0.410 e. The standard InChI is InChI=1S/C13H21N3O4/c1-13(2,3)20-12(19)15-7-9-6-14-10(17)4-5-16(9)11(18)8-15/h9H,4-8H2,1-3H3,(H,14,17). The molecule has 0 aromatic heterocycles. The summed E-state index contributed by atoms with van der Waals surface area (Å²) >= 11 is 0. The highest BCUT2D eigenvalue weighted by molar-refractivity contribution is 5.85. The largest absolute Gasteiger partial charge is 0.444 e. The second-order valence-corrected chi connectivity index (χ2v) is 6.16. The number of hydrogen-bond acceptors (Lipinski definition) is 4. The van der Waals surface area contributed by atoms with E-state index in [1.165, 1.54) is 4.90 Å². The van der Waals surface area contributed by atoms with E-state index < -0.39 is 11.7 Å². The van der Waals surface area contributed by atoms with Crippen LogP contribution in [0.4, 0.5) is 4.79 Å². The topological polar surface area (TPSA) is 79.0 Å². The third-order valence-electron chi connectivity index (χ3n) is 3.28. The second kappa shape index (κ2) is 5.30. The summed E-state index contributed by atoms with van der Waals surface area (Å²) in [5.74, 6) is -0.195. The quantitative estimate of drug-likeness (QED) is 0.676. The third kappa shape index (κ3) is 3.40. The summed E-state index contributed by atoms with van der Waals surface area (Å²) in [6, 6.07) is -0.171. The average Bonchev–Trinajstić information content (AvgIpc) is 2.50. The van der Waals surface area contributed by atoms with Crippen LogP contribution in [0.25, 0.3) is 0 Å². The first-order valence-electron chi connectivity index (χ1n) is 6.80. The number of nitrogens with zero attached hydrogens (tertiary/aromatic N) is 2. The molecule has 1 unspecified atom stereocenters. The molecule has 0 aliphatic carbocycles. The first-order valence-corrected chi connectivity index (χ1v) is 6.80. The van der Waals surface area contributed by atoms with Crippen molar-refractivity contribution in [2.24, 2.45) is 0 Å². The lowest BCUT2D eigenvalue weighted by Crippen LogP contribution is -2.60. The monoisotopic (exact) mass is 283 g/mol. The number of ether oxygens (including phenoxy) is 1. The zero-order valence-electron chi connectivity index (χ0n) is 12.1. The fourth-order valence-electron chi connectivity index (χ4n) is 2.36. The molecule has 0 bridgehead atoms. The van der Waals surface area contributed by atoms with Crippen molar-refractivity contribution in [2.45, 2.75) is 38.8 Å². The van der Waals surface area contributed by atoms with Gasteiger partial charge in [0.2, 0.25) is 11.8 Å². The van der Waals surface area contributed by atoms with Crippen LogP contribution in [0.3, 0.4) is 0 Å². The van der Waals surface area contributed by atoms with Crippen LogP contribution < -0.4 is 5.32 Å². The number of fused-ring (bicyclic) bond motifs is 1. The number of nitrogens with one attached hydrogen (secondary N) is 1. The maximum atomic E-state index is 12.1. The number of carbonyl (C=O) groups excluding carboxylic acids is 3. The van der Waals surface area contributed by atoms with E-state index in [0.29, 0.717) is 26.1 Å². The molecule has 112 valence electrons. The van der Waals surface area contributed by atoms with E-state index in [1.54, 1.807) is 25.7 Å². The molecule has 7 heteroatoms. The fourth-order valence-corrected chi connectivity index (χ4v) is 2.36. The van der Waals surface area contributed by atoms with Crippen LogP contribution in [0.5, 0.6) is 0 Å². The Labute approximate surface area is 118 Å². The van der Waals surface area contributed by atoms with Crippen molar-refractivity contribution >= 4 is 17.9 Å². The van der Waals surface area contributed by atoms with E-state index in [9.17, 15) is 14.4 Å². The molecule has 2 rings (SSSR count). The number of amides is 3. The molecule has 20 heavy (non-hydrogen) atoms. The van der Waals surface area contributed by atoms with Crippen molar-refractivity contribution in [3.8, 4) is 0 Å². The molecule has 7 nitrogen and oxygen atoms in total. The molecule has 3 amide bonds. The van der Waals surface area contributed by atoms with E-state index in [2.05, 4.69) is 5.32 Å². The Balaban J connectivity index is 2.04. The fraction of sp³-hybridized carbons (Fsp3) is 0.769. The van der Waals surface area contributed by atoms with Gasteiger partial charge in [-0.3, -0.25) is 14.5 Å². The predicted molar refractivity (Wildman–Crippen MR) is 70.9 cm³/mol. The molecule has 2 saturated heterocycles. The summed E-state index contributed by atoms with van der Waals surface area (Å²) in [6.45, 7) is 6.56. The minimum Gasteiger partial charge on any atom is -0.444 e. The highest BCUT2D eigenvalue weighted by atomic mass is 16.6. The van der Waals surface area contributed by atoms with Crippen LogP contribution in [-0.4, -0.2) is 65.5 Å². The van der Waals surface area contributed by atoms with Gasteiger partial charge in [-0.2, -0.15) is 0 Å². The summed E-state index contributed by atoms with van der Waals surface area (Å²) in [4.78, 5) is 38.6. The van der Waals surface area contributed by atoms with Crippen molar-refractivity contribution in [1.82, 2.24) is 15.1 Å². The highest BCUT2D eigenvalue weighted by Gasteiger charge is 2.37. The molecule has 2 aliphatic heterocycles. The molecule has 0 saturated carbocycles. The van der Waals surface area contributed by atoms with Gasteiger partial charge < -0.3 is 15.0 Å². The summed E-state index contributed by atoms with van der Waals surface area (Å²) in [6.07, 6.45) is -0.171. The van der Waals surface area contributed by atoms with Gasteiger partial charge in [0.05, 0.1) is 6.04 Å². The Morgan fingerprint density at radius 3 is 2.70 bits per heavy atom. The predicted octanol–water partition coefficient (Wildman–Crippen LogP) is -0.0458. The molecular formula is C13H21N3O4. The van der Waals surface area contributed by atoms with Crippen molar-refractivity contribution in [2.75, 3.05) is 26.2 Å². The Kier molecular flexibility index (Phi) is 3.87. The number of piperazine rings is 1. The minimum atomic E-state index is -0.588. The van der Waals surface area contributed by atoms with E-state index in [1.807, 2.05) is 0 Å². The van der Waals surface area contributed by atoms with E-state index in [0.717, 1.165) is 0 Å². The molecule has 0 radical (unpaired) electrons. The summed E-state index contributed by atoms with van der Waals surface area (Å²) in [5.41, 5.74) is -0.588. The van der Waals surface area contributed by atoms with Gasteiger partial charge in [0.1, 0.15) is 12.1 Å². The Hall–Kier alpha value is -1.79. The van der Waals surface area contributed by atoms with Crippen molar-refractivity contribution in [3.63, 3.8) is 0 Å². The van der Waals surface area contributed by atoms with Gasteiger partial charge in [0.25, 0.3) is 0 Å². The van der Waals surface area contributed by atoms with Crippen molar-refractivity contribution < 1.29 is 19.1 Å². The minimum absolute atomic E-state index is 0.0135. The highest BCUT2D eigenvalue weighted by Crippen LogP contribution is 2.17. The van der Waals surface area contributed by atoms with Gasteiger partial charge in [0.15, 0.2) is 0 Å². The number of hydrogen-bond donors (Lipinski definition) is 1. The van der Waals surface area contributed by atoms with Crippen molar-refractivity contribution in [3.05, 3.63) is 0 Å². The van der Waals surface area contributed by atoms with Crippen molar-refractivity contribution in [1.29, 1.82) is 0 Å². The normalized spacial score (nSPS) is 23.9. The molecular weight excluding hydrogens is 262 g/mol. The lowest BCUT2D eigenvalue weighted by atomic mass is 10.1. The zero-order valence-corrected chi connectivity index (χ0v) is 12.1. The van der Waals surface area contributed by atoms with E-state index >= 15 is 0 Å². The molecule has 1 N–H and O–H groups in total. The Morgan fingerprint density at radius 2 is 2.05 bits per heavy atom. The molecule has 2 fully saturated rings. The number of carbonyl (C=O) groups is 3. The van der Waals surface area contributed by atoms with Gasteiger partial charge in [-0.05, 0) is 20.8 Å². The molecule has 0 aromatic carbocycles. The van der Waals surface area contributed by atoms with Gasteiger partial charge in [0, 0.05) is 26.1 Å². The lowest BCUT2D eigenvalue weighted by molar-refractivity contribution is -0.139. The summed E-state index contributed by atoms with van der Waals surface area (Å²) in [7, 11) is 0. The molecule has 2 aliphatic rings. The summed E-state index contributed by atoms with van der Waals surface area (Å²) < 4.78 is 5.29. The Bertz CT molecular complexity index is 430. The van der Waals surface area contributed by atoms with Gasteiger partial charge in [-0.25, -0.2) is 4.79 Å². The first-order chi connectivity index (χ1) is 9.26. The van der Waals surface area contributed by atoms with Crippen LogP contribution >= 0.6 is 0 Å². The van der Waals surface area contributed by atoms with Crippen LogP contribution in [0.15, 0.2) is 0 Å². The van der Waals surface area contributed by atoms with Crippen LogP contribution in [-0.2, 0) is 14.3 Å². The summed E-state index contributed by atoms with van der Waals surface area (Å²) in [5, 5.41) is 2.76. The molecule has 0 aromatic rings. The lowest BCUT2D eigenvalue weighted by Gasteiger charge is -2.40. The average molecular weight is 283 g/mol. The van der Waals surface area contributed by atoms with Gasteiger partial charge in [-0.15, -0.1) is 0 Å². The van der Waals surface area contributed by atoms with E-state index in [-0.39, 0.29) is 24.4 Å². The van der Waals surface area contributed by atoms with Gasteiger partial charge >= 0.3 is 6.09 Å². The third-order valence-corrected chi connectivity index (χ3v) is 3.28. The molecule has 2 heterocycles.